The van der Waals surface area contributed by atoms with Crippen LogP contribution < -0.4 is 10.6 Å². The first kappa shape index (κ1) is 12.6. The summed E-state index contributed by atoms with van der Waals surface area (Å²) in [5.74, 6) is 0.419. The average molecular weight is 264 g/mol. The van der Waals surface area contributed by atoms with Crippen LogP contribution >= 0.6 is 0 Å². The van der Waals surface area contributed by atoms with Crippen LogP contribution in [-0.4, -0.2) is 18.1 Å². The van der Waals surface area contributed by atoms with Gasteiger partial charge in [-0.15, -0.1) is 0 Å². The van der Waals surface area contributed by atoms with Crippen molar-refractivity contribution >= 4 is 11.4 Å². The van der Waals surface area contributed by atoms with Gasteiger partial charge < -0.3 is 10.6 Å². The Balaban J connectivity index is 2.06. The van der Waals surface area contributed by atoms with Gasteiger partial charge >= 0.3 is 0 Å². The molecule has 1 unspecified atom stereocenters. The van der Waals surface area contributed by atoms with Gasteiger partial charge in [-0.1, -0.05) is 18.2 Å². The molecule has 1 aromatic heterocycles. The summed E-state index contributed by atoms with van der Waals surface area (Å²) in [5.41, 5.74) is 9.73. The van der Waals surface area contributed by atoms with Crippen LogP contribution in [0.3, 0.4) is 0 Å². The van der Waals surface area contributed by atoms with Gasteiger partial charge in [-0.25, -0.2) is 0 Å². The maximum Gasteiger partial charge on any atom is 0.101 e. The van der Waals surface area contributed by atoms with Gasteiger partial charge in [-0.05, 0) is 30.7 Å². The van der Waals surface area contributed by atoms with Gasteiger partial charge in [0.1, 0.15) is 6.07 Å². The number of nitrogens with two attached hydrogens (primary N) is 1. The second-order valence-electron chi connectivity index (χ2n) is 4.95. The van der Waals surface area contributed by atoms with Gasteiger partial charge in [-0.3, -0.25) is 4.98 Å². The van der Waals surface area contributed by atoms with Gasteiger partial charge in [0.25, 0.3) is 0 Å². The van der Waals surface area contributed by atoms with E-state index in [1.807, 2.05) is 6.07 Å². The van der Waals surface area contributed by atoms with Crippen molar-refractivity contribution in [3.05, 3.63) is 53.9 Å². The third kappa shape index (κ3) is 2.02. The minimum absolute atomic E-state index is 0.419. The first-order valence-corrected chi connectivity index (χ1v) is 6.75. The number of benzene rings is 1. The fourth-order valence-corrected chi connectivity index (χ4v) is 2.87. The van der Waals surface area contributed by atoms with E-state index in [4.69, 9.17) is 5.73 Å². The lowest BCUT2D eigenvalue weighted by molar-refractivity contribution is 0.668. The monoisotopic (exact) mass is 264 g/mol. The van der Waals surface area contributed by atoms with Crippen LogP contribution in [-0.2, 0) is 0 Å². The maximum atomic E-state index is 9.27. The molecule has 0 fully saturated rings. The predicted molar refractivity (Wildman–Crippen MR) is 78.8 cm³/mol. The smallest absolute Gasteiger partial charge is 0.101 e. The summed E-state index contributed by atoms with van der Waals surface area (Å²) in [6.45, 7) is 1.53. The zero-order valence-corrected chi connectivity index (χ0v) is 11.2. The van der Waals surface area contributed by atoms with Crippen LogP contribution in [0.25, 0.3) is 0 Å². The minimum atomic E-state index is 0.419. The molecule has 0 spiro atoms. The molecule has 20 heavy (non-hydrogen) atoms. The van der Waals surface area contributed by atoms with Crippen molar-refractivity contribution < 1.29 is 0 Å². The molecule has 1 atom stereocenters. The van der Waals surface area contributed by atoms with Crippen LogP contribution in [0.15, 0.2) is 42.7 Å². The number of anilines is 2. The second-order valence-corrected chi connectivity index (χ2v) is 4.95. The Labute approximate surface area is 118 Å². The number of para-hydroxylation sites is 1. The number of aromatic nitrogens is 1. The zero-order chi connectivity index (χ0) is 13.9. The lowest BCUT2D eigenvalue weighted by Crippen LogP contribution is -2.18. The van der Waals surface area contributed by atoms with Crippen LogP contribution in [0.1, 0.15) is 23.5 Å². The number of pyridine rings is 1. The van der Waals surface area contributed by atoms with E-state index in [1.165, 1.54) is 5.56 Å². The largest absolute Gasteiger partial charge is 0.338 e. The number of fused-ring (bicyclic) bond motifs is 1. The van der Waals surface area contributed by atoms with E-state index in [-0.39, 0.29) is 0 Å². The van der Waals surface area contributed by atoms with E-state index >= 15 is 0 Å². The Hall–Kier alpha value is -2.38. The highest BCUT2D eigenvalue weighted by Gasteiger charge is 2.29. The van der Waals surface area contributed by atoms with Crippen molar-refractivity contribution in [2.45, 2.75) is 12.3 Å². The van der Waals surface area contributed by atoms with Crippen molar-refractivity contribution in [2.24, 2.45) is 5.73 Å². The molecule has 2 heterocycles. The number of nitrogens with zero attached hydrogens (tertiary/aromatic N) is 3. The zero-order valence-electron chi connectivity index (χ0n) is 11.2. The molecule has 0 saturated carbocycles. The standard InChI is InChI=1S/C16H16N4/c17-7-5-13-11-20(15-4-2-1-3-14(13)15)16-10-19-8-6-12(16)9-18/h1-4,6,8,10,13H,5,7,11,17H2. The van der Waals surface area contributed by atoms with Gasteiger partial charge in [0.05, 0.1) is 17.4 Å². The van der Waals surface area contributed by atoms with Crippen LogP contribution in [0.2, 0.25) is 0 Å². The molecule has 2 N–H and O–H groups in total. The molecule has 1 aromatic carbocycles. The summed E-state index contributed by atoms with van der Waals surface area (Å²) >= 11 is 0. The fourth-order valence-electron chi connectivity index (χ4n) is 2.87. The topological polar surface area (TPSA) is 65.9 Å². The lowest BCUT2D eigenvalue weighted by Gasteiger charge is -2.20. The first-order chi connectivity index (χ1) is 9.85. The highest BCUT2D eigenvalue weighted by Crippen LogP contribution is 2.42. The van der Waals surface area contributed by atoms with Gasteiger partial charge in [0, 0.05) is 24.3 Å². The summed E-state index contributed by atoms with van der Waals surface area (Å²) in [4.78, 5) is 6.35. The van der Waals surface area contributed by atoms with Crippen LogP contribution in [0.5, 0.6) is 0 Å². The van der Waals surface area contributed by atoms with Crippen molar-refractivity contribution in [3.8, 4) is 6.07 Å². The number of hydrogen-bond acceptors (Lipinski definition) is 4. The summed E-state index contributed by atoms with van der Waals surface area (Å²) < 4.78 is 0. The van der Waals surface area contributed by atoms with E-state index in [2.05, 4.69) is 34.2 Å². The molecule has 0 saturated heterocycles. The van der Waals surface area contributed by atoms with E-state index < -0.39 is 0 Å². The van der Waals surface area contributed by atoms with Gasteiger partial charge in [0.2, 0.25) is 0 Å². The van der Waals surface area contributed by atoms with Gasteiger partial charge in [0.15, 0.2) is 0 Å². The number of rotatable bonds is 3. The molecule has 0 bridgehead atoms. The highest BCUT2D eigenvalue weighted by molar-refractivity contribution is 5.74. The van der Waals surface area contributed by atoms with E-state index in [0.717, 1.165) is 24.3 Å². The first-order valence-electron chi connectivity index (χ1n) is 6.75. The number of nitriles is 1. The molecule has 0 aliphatic carbocycles. The van der Waals surface area contributed by atoms with E-state index in [1.54, 1.807) is 18.5 Å². The van der Waals surface area contributed by atoms with E-state index in [9.17, 15) is 5.26 Å². The third-order valence-corrected chi connectivity index (χ3v) is 3.80. The summed E-state index contributed by atoms with van der Waals surface area (Å²) in [6.07, 6.45) is 4.37. The van der Waals surface area contributed by atoms with Crippen molar-refractivity contribution in [1.82, 2.24) is 4.98 Å². The van der Waals surface area contributed by atoms with E-state index in [0.29, 0.717) is 18.0 Å². The second kappa shape index (κ2) is 5.32. The van der Waals surface area contributed by atoms with Crippen LogP contribution in [0.4, 0.5) is 11.4 Å². The molecule has 3 rings (SSSR count). The Morgan fingerprint density at radius 2 is 2.15 bits per heavy atom. The average Bonchev–Trinajstić information content (AvgIpc) is 2.87. The molecule has 0 radical (unpaired) electrons. The Bertz CT molecular complexity index is 660. The molecular weight excluding hydrogens is 248 g/mol. The van der Waals surface area contributed by atoms with Crippen molar-refractivity contribution in [3.63, 3.8) is 0 Å². The predicted octanol–water partition coefficient (Wildman–Crippen LogP) is 2.54. The summed E-state index contributed by atoms with van der Waals surface area (Å²) in [7, 11) is 0. The third-order valence-electron chi connectivity index (χ3n) is 3.80. The Morgan fingerprint density at radius 3 is 2.95 bits per heavy atom. The van der Waals surface area contributed by atoms with Crippen LogP contribution in [0, 0.1) is 11.3 Å². The molecule has 100 valence electrons. The number of hydrogen-bond donors (Lipinski definition) is 1. The summed E-state index contributed by atoms with van der Waals surface area (Å²) in [5, 5.41) is 9.27. The quantitative estimate of drug-likeness (QED) is 0.925. The fraction of sp³-hybridized carbons (Fsp3) is 0.250. The van der Waals surface area contributed by atoms with Gasteiger partial charge in [-0.2, -0.15) is 5.26 Å². The molecule has 0 amide bonds. The molecule has 1 aliphatic rings. The Morgan fingerprint density at radius 1 is 1.30 bits per heavy atom. The van der Waals surface area contributed by atoms with Crippen molar-refractivity contribution in [1.29, 1.82) is 5.26 Å². The molecule has 4 nitrogen and oxygen atoms in total. The maximum absolute atomic E-state index is 9.27. The summed E-state index contributed by atoms with van der Waals surface area (Å²) in [6, 6.07) is 12.3. The lowest BCUT2D eigenvalue weighted by atomic mass is 9.98. The Kier molecular flexibility index (Phi) is 3.36. The minimum Gasteiger partial charge on any atom is -0.338 e. The molecule has 2 aromatic rings. The molecular formula is C16H16N4. The molecule has 1 aliphatic heterocycles. The molecule has 4 heteroatoms. The SMILES string of the molecule is N#Cc1ccncc1N1CC(CCN)c2ccccc21. The van der Waals surface area contributed by atoms with Crippen molar-refractivity contribution in [2.75, 3.05) is 18.0 Å². The highest BCUT2D eigenvalue weighted by atomic mass is 15.2. The normalized spacial score (nSPS) is 16.8.